The summed E-state index contributed by atoms with van der Waals surface area (Å²) < 4.78 is 0. The first kappa shape index (κ1) is 17.6. The zero-order valence-corrected chi connectivity index (χ0v) is 15.2. The molecule has 0 aliphatic heterocycles. The van der Waals surface area contributed by atoms with E-state index in [0.717, 1.165) is 5.56 Å². The van der Waals surface area contributed by atoms with Gasteiger partial charge in [-0.05, 0) is 29.8 Å². The van der Waals surface area contributed by atoms with E-state index in [1.165, 1.54) is 6.07 Å². The summed E-state index contributed by atoms with van der Waals surface area (Å²) >= 11 is 12.1. The fourth-order valence-corrected chi connectivity index (χ4v) is 2.91. The van der Waals surface area contributed by atoms with Gasteiger partial charge in [0.1, 0.15) is 5.52 Å². The Balaban J connectivity index is 1.83. The standard InChI is InChI=1S/C18H17Cl2N3O2/c1-18(2,10-6-7-12(19)13(20)8-10)9-21-17-22-14-5-3-4-11(16(24)25)15(14)23-17/h3-8H,9H2,1-2H3,(H,24,25)(H2,21,22,23). The number of halogens is 2. The Morgan fingerprint density at radius 2 is 2.00 bits per heavy atom. The van der Waals surface area contributed by atoms with Crippen LogP contribution in [0, 0.1) is 0 Å². The molecule has 7 heteroatoms. The Kier molecular flexibility index (Phi) is 4.62. The molecule has 0 bridgehead atoms. The third-order valence-electron chi connectivity index (χ3n) is 4.14. The van der Waals surface area contributed by atoms with Gasteiger partial charge in [0, 0.05) is 12.0 Å². The molecule has 5 nitrogen and oxygen atoms in total. The number of aromatic nitrogens is 2. The maximum absolute atomic E-state index is 11.3. The Labute approximate surface area is 155 Å². The van der Waals surface area contributed by atoms with E-state index in [1.807, 2.05) is 12.1 Å². The minimum Gasteiger partial charge on any atom is -0.478 e. The zero-order chi connectivity index (χ0) is 18.2. The number of anilines is 1. The van der Waals surface area contributed by atoms with Gasteiger partial charge < -0.3 is 15.4 Å². The van der Waals surface area contributed by atoms with Crippen LogP contribution in [0.1, 0.15) is 29.8 Å². The van der Waals surface area contributed by atoms with E-state index >= 15 is 0 Å². The topological polar surface area (TPSA) is 78.0 Å². The van der Waals surface area contributed by atoms with Crippen molar-refractivity contribution in [3.8, 4) is 0 Å². The third kappa shape index (κ3) is 3.57. The van der Waals surface area contributed by atoms with Crippen LogP contribution in [0.2, 0.25) is 10.0 Å². The van der Waals surface area contributed by atoms with Crippen LogP contribution in [-0.2, 0) is 5.41 Å². The van der Waals surface area contributed by atoms with Crippen LogP contribution >= 0.6 is 23.2 Å². The van der Waals surface area contributed by atoms with Crippen LogP contribution < -0.4 is 5.32 Å². The third-order valence-corrected chi connectivity index (χ3v) is 4.88. The number of fused-ring (bicyclic) bond motifs is 1. The average Bonchev–Trinajstić information content (AvgIpc) is 2.98. The summed E-state index contributed by atoms with van der Waals surface area (Å²) in [4.78, 5) is 18.8. The molecule has 1 aromatic heterocycles. The lowest BCUT2D eigenvalue weighted by Gasteiger charge is -2.26. The molecule has 25 heavy (non-hydrogen) atoms. The predicted octanol–water partition coefficient (Wildman–Crippen LogP) is 4.96. The number of nitrogens with one attached hydrogen (secondary N) is 2. The lowest BCUT2D eigenvalue weighted by atomic mass is 9.84. The molecule has 0 saturated heterocycles. The summed E-state index contributed by atoms with van der Waals surface area (Å²) in [5.74, 6) is -0.475. The van der Waals surface area contributed by atoms with Gasteiger partial charge in [-0.2, -0.15) is 0 Å². The molecule has 0 aliphatic carbocycles. The van der Waals surface area contributed by atoms with E-state index in [4.69, 9.17) is 23.2 Å². The average molecular weight is 378 g/mol. The lowest BCUT2D eigenvalue weighted by Crippen LogP contribution is -2.28. The van der Waals surface area contributed by atoms with E-state index in [0.29, 0.717) is 33.6 Å². The fraction of sp³-hybridized carbons (Fsp3) is 0.222. The quantitative estimate of drug-likeness (QED) is 0.587. The van der Waals surface area contributed by atoms with Gasteiger partial charge >= 0.3 is 5.97 Å². The van der Waals surface area contributed by atoms with Gasteiger partial charge in [-0.15, -0.1) is 0 Å². The van der Waals surface area contributed by atoms with Gasteiger partial charge in [-0.1, -0.05) is 49.2 Å². The van der Waals surface area contributed by atoms with Crippen molar-refractivity contribution >= 4 is 46.2 Å². The molecule has 0 fully saturated rings. The molecule has 0 atom stereocenters. The highest BCUT2D eigenvalue weighted by Gasteiger charge is 2.22. The number of aromatic carboxylic acids is 1. The maximum atomic E-state index is 11.3. The highest BCUT2D eigenvalue weighted by molar-refractivity contribution is 6.42. The van der Waals surface area contributed by atoms with E-state index in [-0.39, 0.29) is 11.0 Å². The van der Waals surface area contributed by atoms with Gasteiger partial charge in [-0.3, -0.25) is 0 Å². The highest BCUT2D eigenvalue weighted by atomic mass is 35.5. The van der Waals surface area contributed by atoms with Gasteiger partial charge in [-0.25, -0.2) is 9.78 Å². The maximum Gasteiger partial charge on any atom is 0.337 e. The zero-order valence-electron chi connectivity index (χ0n) is 13.7. The number of rotatable bonds is 5. The van der Waals surface area contributed by atoms with Crippen LogP contribution in [0.5, 0.6) is 0 Å². The van der Waals surface area contributed by atoms with Gasteiger partial charge in [0.05, 0.1) is 21.1 Å². The smallest absolute Gasteiger partial charge is 0.337 e. The number of hydrogen-bond acceptors (Lipinski definition) is 3. The lowest BCUT2D eigenvalue weighted by molar-refractivity contribution is 0.0699. The van der Waals surface area contributed by atoms with E-state index < -0.39 is 5.97 Å². The molecule has 130 valence electrons. The summed E-state index contributed by atoms with van der Waals surface area (Å²) in [6.45, 7) is 4.73. The second-order valence-electron chi connectivity index (χ2n) is 6.46. The molecule has 0 unspecified atom stereocenters. The monoisotopic (exact) mass is 377 g/mol. The fourth-order valence-electron chi connectivity index (χ4n) is 2.61. The second kappa shape index (κ2) is 6.58. The van der Waals surface area contributed by atoms with E-state index in [1.54, 1.807) is 18.2 Å². The minimum atomic E-state index is -1.00. The molecule has 0 amide bonds. The number of H-pyrrole nitrogens is 1. The summed E-state index contributed by atoms with van der Waals surface area (Å²) in [7, 11) is 0. The second-order valence-corrected chi connectivity index (χ2v) is 7.27. The normalized spacial score (nSPS) is 11.7. The molecule has 2 aromatic carbocycles. The number of carboxylic acid groups (broad SMARTS) is 1. The molecule has 0 spiro atoms. The van der Waals surface area contributed by atoms with Crippen molar-refractivity contribution in [1.29, 1.82) is 0 Å². The van der Waals surface area contributed by atoms with Crippen LogP contribution in [0.15, 0.2) is 36.4 Å². The van der Waals surface area contributed by atoms with Crippen molar-refractivity contribution in [1.82, 2.24) is 9.97 Å². The van der Waals surface area contributed by atoms with Crippen molar-refractivity contribution in [3.05, 3.63) is 57.6 Å². The summed E-state index contributed by atoms with van der Waals surface area (Å²) in [6.07, 6.45) is 0. The predicted molar refractivity (Wildman–Crippen MR) is 101 cm³/mol. The Bertz CT molecular complexity index is 951. The Hall–Kier alpha value is -2.24. The largest absolute Gasteiger partial charge is 0.478 e. The molecular formula is C18H17Cl2N3O2. The van der Waals surface area contributed by atoms with Crippen LogP contribution in [0.3, 0.4) is 0 Å². The number of benzene rings is 2. The first-order valence-electron chi connectivity index (χ1n) is 7.69. The SMILES string of the molecule is CC(C)(CNc1nc2c(C(=O)O)cccc2[nH]1)c1ccc(Cl)c(Cl)c1. The molecule has 3 aromatic rings. The van der Waals surface area contributed by atoms with Crippen LogP contribution in [0.25, 0.3) is 11.0 Å². The molecule has 0 saturated carbocycles. The number of aromatic amines is 1. The van der Waals surface area contributed by atoms with Crippen molar-refractivity contribution in [3.63, 3.8) is 0 Å². The van der Waals surface area contributed by atoms with Gasteiger partial charge in [0.15, 0.2) is 0 Å². The minimum absolute atomic E-state index is 0.172. The summed E-state index contributed by atoms with van der Waals surface area (Å²) in [5, 5.41) is 13.5. The van der Waals surface area contributed by atoms with E-state index in [2.05, 4.69) is 29.1 Å². The summed E-state index contributed by atoms with van der Waals surface area (Å²) in [6, 6.07) is 10.6. The van der Waals surface area contributed by atoms with E-state index in [9.17, 15) is 9.90 Å². The molecular weight excluding hydrogens is 361 g/mol. The van der Waals surface area contributed by atoms with Crippen LogP contribution in [0.4, 0.5) is 5.95 Å². The highest BCUT2D eigenvalue weighted by Crippen LogP contribution is 2.30. The number of para-hydroxylation sites is 1. The Morgan fingerprint density at radius 3 is 2.68 bits per heavy atom. The molecule has 1 heterocycles. The molecule has 3 rings (SSSR count). The van der Waals surface area contributed by atoms with Crippen molar-refractivity contribution in [2.45, 2.75) is 19.3 Å². The first-order valence-corrected chi connectivity index (χ1v) is 8.45. The molecule has 3 N–H and O–H groups in total. The van der Waals surface area contributed by atoms with Crippen molar-refractivity contribution < 1.29 is 9.90 Å². The van der Waals surface area contributed by atoms with Crippen LogP contribution in [-0.4, -0.2) is 27.6 Å². The number of carboxylic acids is 1. The number of hydrogen-bond donors (Lipinski definition) is 3. The first-order chi connectivity index (χ1) is 11.8. The number of imidazole rings is 1. The number of nitrogens with zero attached hydrogens (tertiary/aromatic N) is 1. The summed E-state index contributed by atoms with van der Waals surface area (Å²) in [5.41, 5.74) is 2.09. The molecule has 0 radical (unpaired) electrons. The van der Waals surface area contributed by atoms with Crippen molar-refractivity contribution in [2.75, 3.05) is 11.9 Å². The Morgan fingerprint density at radius 1 is 1.24 bits per heavy atom. The van der Waals surface area contributed by atoms with Gasteiger partial charge in [0.25, 0.3) is 0 Å². The van der Waals surface area contributed by atoms with Gasteiger partial charge in [0.2, 0.25) is 5.95 Å². The number of carbonyl (C=O) groups is 1. The molecule has 0 aliphatic rings. The van der Waals surface area contributed by atoms with Crippen molar-refractivity contribution in [2.24, 2.45) is 0 Å².